The molecule has 118 valence electrons. The number of pyridine rings is 1. The Balaban J connectivity index is 1.69. The minimum Gasteiger partial charge on any atom is -0.305 e. The van der Waals surface area contributed by atoms with E-state index >= 15 is 0 Å². The SMILES string of the molecule is CCc1ccc(C(=O)CSc2nnc(-c3ccncc3)n2C)s1. The highest BCUT2D eigenvalue weighted by atomic mass is 32.2. The molecule has 23 heavy (non-hydrogen) atoms. The van der Waals surface area contributed by atoms with Crippen LogP contribution >= 0.6 is 23.1 Å². The van der Waals surface area contributed by atoms with E-state index in [1.165, 1.54) is 16.6 Å². The number of carbonyl (C=O) groups is 1. The maximum Gasteiger partial charge on any atom is 0.191 e. The van der Waals surface area contributed by atoms with Gasteiger partial charge in [-0.05, 0) is 30.7 Å². The van der Waals surface area contributed by atoms with Crippen LogP contribution in [0.3, 0.4) is 0 Å². The lowest BCUT2D eigenvalue weighted by molar-refractivity contribution is 0.102. The highest BCUT2D eigenvalue weighted by molar-refractivity contribution is 7.99. The van der Waals surface area contributed by atoms with Gasteiger partial charge in [-0.25, -0.2) is 0 Å². The zero-order valence-corrected chi connectivity index (χ0v) is 14.5. The van der Waals surface area contributed by atoms with Gasteiger partial charge in [0.05, 0.1) is 10.6 Å². The smallest absolute Gasteiger partial charge is 0.191 e. The molecule has 0 aliphatic heterocycles. The van der Waals surface area contributed by atoms with Crippen molar-refractivity contribution in [3.63, 3.8) is 0 Å². The molecule has 0 aliphatic carbocycles. The Bertz CT molecular complexity index is 811. The second-order valence-corrected chi connectivity index (χ2v) is 7.04. The van der Waals surface area contributed by atoms with Gasteiger partial charge in [-0.15, -0.1) is 21.5 Å². The van der Waals surface area contributed by atoms with Gasteiger partial charge in [0.15, 0.2) is 16.8 Å². The van der Waals surface area contributed by atoms with E-state index in [1.807, 2.05) is 35.9 Å². The molecule has 0 atom stereocenters. The monoisotopic (exact) mass is 344 g/mol. The first-order valence-electron chi connectivity index (χ1n) is 7.23. The topological polar surface area (TPSA) is 60.7 Å². The number of carbonyl (C=O) groups excluding carboxylic acids is 1. The maximum absolute atomic E-state index is 12.3. The van der Waals surface area contributed by atoms with Crippen LogP contribution < -0.4 is 0 Å². The predicted molar refractivity (Wildman–Crippen MR) is 93.0 cm³/mol. The number of hydrogen-bond donors (Lipinski definition) is 0. The zero-order chi connectivity index (χ0) is 16.2. The largest absolute Gasteiger partial charge is 0.305 e. The fourth-order valence-electron chi connectivity index (χ4n) is 2.11. The van der Waals surface area contributed by atoms with Gasteiger partial charge < -0.3 is 4.57 Å². The lowest BCUT2D eigenvalue weighted by Gasteiger charge is -2.03. The second kappa shape index (κ2) is 7.06. The number of nitrogens with zero attached hydrogens (tertiary/aromatic N) is 4. The lowest BCUT2D eigenvalue weighted by atomic mass is 10.2. The van der Waals surface area contributed by atoms with Gasteiger partial charge in [0.2, 0.25) is 0 Å². The molecule has 0 aromatic carbocycles. The Labute approximate surface area is 142 Å². The molecule has 3 rings (SSSR count). The van der Waals surface area contributed by atoms with Gasteiger partial charge in [0, 0.05) is 29.9 Å². The minimum absolute atomic E-state index is 0.133. The van der Waals surface area contributed by atoms with Crippen LogP contribution in [0, 0.1) is 0 Å². The first-order chi connectivity index (χ1) is 11.2. The van der Waals surface area contributed by atoms with Crippen LogP contribution in [0.25, 0.3) is 11.4 Å². The van der Waals surface area contributed by atoms with Crippen molar-refractivity contribution >= 4 is 28.9 Å². The van der Waals surface area contributed by atoms with E-state index in [1.54, 1.807) is 23.7 Å². The molecule has 0 amide bonds. The number of aryl methyl sites for hydroxylation is 1. The minimum atomic E-state index is 0.133. The van der Waals surface area contributed by atoms with Crippen LogP contribution in [-0.2, 0) is 13.5 Å². The Morgan fingerprint density at radius 3 is 2.70 bits per heavy atom. The standard InChI is InChI=1S/C16H16N4OS2/c1-3-12-4-5-14(23-12)13(21)10-22-16-19-18-15(20(16)2)11-6-8-17-9-7-11/h4-9H,3,10H2,1-2H3. The molecule has 0 saturated heterocycles. The molecule has 0 aliphatic rings. The van der Waals surface area contributed by atoms with Crippen molar-refractivity contribution in [2.75, 3.05) is 5.75 Å². The van der Waals surface area contributed by atoms with Crippen molar-refractivity contribution in [1.82, 2.24) is 19.7 Å². The van der Waals surface area contributed by atoms with E-state index < -0.39 is 0 Å². The van der Waals surface area contributed by atoms with Crippen molar-refractivity contribution in [2.24, 2.45) is 7.05 Å². The summed E-state index contributed by atoms with van der Waals surface area (Å²) in [5.74, 6) is 1.27. The maximum atomic E-state index is 12.3. The van der Waals surface area contributed by atoms with E-state index in [0.717, 1.165) is 27.8 Å². The van der Waals surface area contributed by atoms with Gasteiger partial charge in [0.25, 0.3) is 0 Å². The molecule has 5 nitrogen and oxygen atoms in total. The fourth-order valence-corrected chi connectivity index (χ4v) is 3.88. The Morgan fingerprint density at radius 1 is 1.22 bits per heavy atom. The highest BCUT2D eigenvalue weighted by Crippen LogP contribution is 2.24. The molecule has 0 radical (unpaired) electrons. The summed E-state index contributed by atoms with van der Waals surface area (Å²) in [5.41, 5.74) is 0.957. The first kappa shape index (κ1) is 15.9. The van der Waals surface area contributed by atoms with E-state index in [9.17, 15) is 4.79 Å². The lowest BCUT2D eigenvalue weighted by Crippen LogP contribution is -2.02. The van der Waals surface area contributed by atoms with E-state index in [2.05, 4.69) is 22.1 Å². The summed E-state index contributed by atoms with van der Waals surface area (Å²) in [5, 5.41) is 9.13. The molecule has 3 aromatic heterocycles. The van der Waals surface area contributed by atoms with Gasteiger partial charge >= 0.3 is 0 Å². The molecule has 0 bridgehead atoms. The molecule has 0 spiro atoms. The Kier molecular flexibility index (Phi) is 4.88. The van der Waals surface area contributed by atoms with Gasteiger partial charge in [-0.2, -0.15) is 0 Å². The van der Waals surface area contributed by atoms with Crippen molar-refractivity contribution in [3.05, 3.63) is 46.4 Å². The quantitative estimate of drug-likeness (QED) is 0.506. The molecular formula is C16H16N4OS2. The van der Waals surface area contributed by atoms with Crippen LogP contribution in [0.1, 0.15) is 21.5 Å². The molecule has 0 N–H and O–H groups in total. The summed E-state index contributed by atoms with van der Waals surface area (Å²) in [7, 11) is 1.91. The van der Waals surface area contributed by atoms with Crippen molar-refractivity contribution in [3.8, 4) is 11.4 Å². The van der Waals surface area contributed by atoms with Crippen LogP contribution in [0.4, 0.5) is 0 Å². The number of thiophene rings is 1. The first-order valence-corrected chi connectivity index (χ1v) is 9.03. The fraction of sp³-hybridized carbons (Fsp3) is 0.250. The second-order valence-electron chi connectivity index (χ2n) is 4.93. The van der Waals surface area contributed by atoms with Crippen molar-refractivity contribution in [2.45, 2.75) is 18.5 Å². The van der Waals surface area contributed by atoms with E-state index in [-0.39, 0.29) is 5.78 Å². The Hall–Kier alpha value is -1.99. The van der Waals surface area contributed by atoms with Crippen molar-refractivity contribution in [1.29, 1.82) is 0 Å². The number of aromatic nitrogens is 4. The molecular weight excluding hydrogens is 328 g/mol. The number of hydrogen-bond acceptors (Lipinski definition) is 6. The van der Waals surface area contributed by atoms with Gasteiger partial charge in [0.1, 0.15) is 0 Å². The van der Waals surface area contributed by atoms with Gasteiger partial charge in [-0.1, -0.05) is 18.7 Å². The summed E-state index contributed by atoms with van der Waals surface area (Å²) < 4.78 is 1.90. The molecule has 0 unspecified atom stereocenters. The third-order valence-corrected chi connectivity index (χ3v) is 5.68. The average Bonchev–Trinajstić information content (AvgIpc) is 3.20. The summed E-state index contributed by atoms with van der Waals surface area (Å²) in [6.45, 7) is 2.09. The normalized spacial score (nSPS) is 10.9. The molecule has 0 saturated carbocycles. The van der Waals surface area contributed by atoms with Gasteiger partial charge in [-0.3, -0.25) is 9.78 Å². The third-order valence-electron chi connectivity index (χ3n) is 3.39. The summed E-state index contributed by atoms with van der Waals surface area (Å²) in [6.07, 6.45) is 4.41. The average molecular weight is 344 g/mol. The number of thioether (sulfide) groups is 1. The highest BCUT2D eigenvalue weighted by Gasteiger charge is 2.14. The zero-order valence-electron chi connectivity index (χ0n) is 12.9. The van der Waals surface area contributed by atoms with E-state index in [0.29, 0.717) is 5.75 Å². The summed E-state index contributed by atoms with van der Waals surface area (Å²) >= 11 is 2.98. The number of Topliss-reactive ketones (excluding diaryl/α,β-unsaturated/α-hetero) is 1. The number of ketones is 1. The van der Waals surface area contributed by atoms with Crippen LogP contribution in [0.2, 0.25) is 0 Å². The Morgan fingerprint density at radius 2 is 2.00 bits per heavy atom. The molecule has 3 heterocycles. The van der Waals surface area contributed by atoms with Crippen LogP contribution in [0.5, 0.6) is 0 Å². The van der Waals surface area contributed by atoms with Crippen LogP contribution in [-0.4, -0.2) is 31.3 Å². The summed E-state index contributed by atoms with van der Waals surface area (Å²) in [6, 6.07) is 7.71. The van der Waals surface area contributed by atoms with E-state index in [4.69, 9.17) is 0 Å². The summed E-state index contributed by atoms with van der Waals surface area (Å²) in [4.78, 5) is 18.3. The predicted octanol–water partition coefficient (Wildman–Crippen LogP) is 3.48. The van der Waals surface area contributed by atoms with Crippen LogP contribution in [0.15, 0.2) is 41.8 Å². The molecule has 3 aromatic rings. The third kappa shape index (κ3) is 3.51. The molecule has 0 fully saturated rings. The van der Waals surface area contributed by atoms with Crippen molar-refractivity contribution < 1.29 is 4.79 Å². The molecule has 7 heteroatoms. The number of rotatable bonds is 6.